The van der Waals surface area contributed by atoms with Gasteiger partial charge in [0.25, 0.3) is 0 Å². The van der Waals surface area contributed by atoms with Crippen LogP contribution in [0.4, 0.5) is 5.69 Å². The lowest BCUT2D eigenvalue weighted by Gasteiger charge is -2.07. The fourth-order valence-corrected chi connectivity index (χ4v) is 2.68. The van der Waals surface area contributed by atoms with E-state index < -0.39 is 5.97 Å². The molecule has 0 unspecified atom stereocenters. The monoisotopic (exact) mass is 455 g/mol. The molecule has 0 bridgehead atoms. The molecule has 1 aromatic carbocycles. The summed E-state index contributed by atoms with van der Waals surface area (Å²) >= 11 is 0. The first-order valence-electron chi connectivity index (χ1n) is 10.7. The highest BCUT2D eigenvalue weighted by Crippen LogP contribution is 2.12. The zero-order valence-corrected chi connectivity index (χ0v) is 18.7. The molecule has 1 aromatic rings. The van der Waals surface area contributed by atoms with Crippen molar-refractivity contribution in [3.05, 3.63) is 58.0 Å². The number of nitrogens with zero attached hydrogens (tertiary/aromatic N) is 3. The van der Waals surface area contributed by atoms with Crippen LogP contribution in [0.2, 0.25) is 0 Å². The Morgan fingerprint density at radius 3 is 2.48 bits per heavy atom. The fourth-order valence-electron chi connectivity index (χ4n) is 2.68. The number of aldehydes is 1. The number of hydrogen-bond donors (Lipinski definition) is 2. The van der Waals surface area contributed by atoms with Gasteiger partial charge >= 0.3 is 5.97 Å². The molecule has 0 spiro atoms. The molecular weight excluding hydrogens is 426 g/mol. The van der Waals surface area contributed by atoms with Crippen LogP contribution in [-0.4, -0.2) is 43.8 Å². The number of esters is 1. The number of rotatable bonds is 15. The minimum atomic E-state index is -0.586. The first-order valence-corrected chi connectivity index (χ1v) is 10.7. The molecule has 2 amide bonds. The summed E-state index contributed by atoms with van der Waals surface area (Å²) in [5.41, 5.74) is 9.62. The van der Waals surface area contributed by atoms with Crippen LogP contribution in [0.1, 0.15) is 44.6 Å². The first kappa shape index (κ1) is 27.1. The summed E-state index contributed by atoms with van der Waals surface area (Å²) in [5.74, 6) is -1.13. The number of ether oxygens (including phenoxy) is 1. The average molecular weight is 456 g/mol. The predicted octanol–water partition coefficient (Wildman–Crippen LogP) is 3.70. The molecule has 1 rings (SSSR count). The zero-order chi connectivity index (χ0) is 24.3. The van der Waals surface area contributed by atoms with Crippen molar-refractivity contribution in [2.75, 3.05) is 25.0 Å². The third-order valence-electron chi connectivity index (χ3n) is 4.33. The molecule has 0 saturated carbocycles. The molecule has 10 nitrogen and oxygen atoms in total. The molecule has 0 aromatic heterocycles. The summed E-state index contributed by atoms with van der Waals surface area (Å²) in [6.45, 7) is 2.22. The number of allylic oxidation sites excluding steroid dienone is 1. The maximum atomic E-state index is 12.0. The van der Waals surface area contributed by atoms with Crippen molar-refractivity contribution in [2.45, 2.75) is 39.0 Å². The van der Waals surface area contributed by atoms with E-state index in [0.717, 1.165) is 30.9 Å². The molecule has 0 aliphatic heterocycles. The van der Waals surface area contributed by atoms with E-state index in [1.165, 1.54) is 6.08 Å². The van der Waals surface area contributed by atoms with E-state index in [1.807, 2.05) is 0 Å². The van der Waals surface area contributed by atoms with E-state index in [9.17, 15) is 19.2 Å². The van der Waals surface area contributed by atoms with Gasteiger partial charge in [-0.05, 0) is 55.1 Å². The van der Waals surface area contributed by atoms with Crippen molar-refractivity contribution in [3.8, 4) is 0 Å². The van der Waals surface area contributed by atoms with Crippen molar-refractivity contribution < 1.29 is 23.9 Å². The Kier molecular flexibility index (Phi) is 13.8. The van der Waals surface area contributed by atoms with Gasteiger partial charge in [0.05, 0.1) is 18.7 Å². The molecule has 0 radical (unpaired) electrons. The van der Waals surface area contributed by atoms with E-state index in [0.29, 0.717) is 31.4 Å². The summed E-state index contributed by atoms with van der Waals surface area (Å²) < 4.78 is 4.88. The number of azide groups is 1. The highest BCUT2D eigenvalue weighted by Gasteiger charge is 2.07. The molecule has 0 saturated heterocycles. The quantitative estimate of drug-likeness (QED) is 0.0604. The van der Waals surface area contributed by atoms with Gasteiger partial charge in [-0.1, -0.05) is 36.2 Å². The Balaban J connectivity index is 2.40. The first-order chi connectivity index (χ1) is 16.0. The van der Waals surface area contributed by atoms with Crippen LogP contribution in [-0.2, 0) is 23.9 Å². The van der Waals surface area contributed by atoms with Gasteiger partial charge in [0.15, 0.2) is 0 Å². The van der Waals surface area contributed by atoms with Crippen LogP contribution in [0, 0.1) is 0 Å². The Morgan fingerprint density at radius 1 is 1.09 bits per heavy atom. The molecule has 0 aliphatic rings. The summed E-state index contributed by atoms with van der Waals surface area (Å²) in [4.78, 5) is 49.0. The number of nitrogens with one attached hydrogen (secondary N) is 2. The number of hydrogen-bond acceptors (Lipinski definition) is 6. The van der Waals surface area contributed by atoms with E-state index in [1.54, 1.807) is 37.3 Å². The van der Waals surface area contributed by atoms with Crippen LogP contribution >= 0.6 is 0 Å². The molecule has 0 atom stereocenters. The summed E-state index contributed by atoms with van der Waals surface area (Å²) in [5, 5.41) is 8.73. The molecule has 33 heavy (non-hydrogen) atoms. The largest absolute Gasteiger partial charge is 0.462 e. The van der Waals surface area contributed by atoms with Gasteiger partial charge in [-0.15, -0.1) is 0 Å². The van der Waals surface area contributed by atoms with Gasteiger partial charge < -0.3 is 15.4 Å². The van der Waals surface area contributed by atoms with Crippen molar-refractivity contribution in [2.24, 2.45) is 5.11 Å². The van der Waals surface area contributed by atoms with Crippen molar-refractivity contribution in [1.29, 1.82) is 0 Å². The molecule has 2 N–H and O–H groups in total. The van der Waals surface area contributed by atoms with Crippen LogP contribution in [0.25, 0.3) is 16.5 Å². The Hall–Kier alpha value is -3.91. The summed E-state index contributed by atoms with van der Waals surface area (Å²) in [7, 11) is 0. The zero-order valence-electron chi connectivity index (χ0n) is 18.7. The molecule has 0 fully saturated rings. The van der Waals surface area contributed by atoms with Gasteiger partial charge in [0, 0.05) is 23.6 Å². The summed E-state index contributed by atoms with van der Waals surface area (Å²) in [6.07, 6.45) is 8.35. The second-order valence-electron chi connectivity index (χ2n) is 6.88. The lowest BCUT2D eigenvalue weighted by molar-refractivity contribution is -0.138. The van der Waals surface area contributed by atoms with Crippen LogP contribution in [0.15, 0.2) is 47.1 Å². The standard InChI is InChI=1S/C23H29N5O5/c1-2-33-23(32)19(14-16-29)11-8-18-9-12-20(13-10-18)27-22(31)17-25-21(30)7-5-3-4-6-15-26-28-24/h8-14,16H,2-7,15,17H2,1H3,(H,25,30)(H,27,31)/b11-8+,19-14+. The normalized spacial score (nSPS) is 10.9. The average Bonchev–Trinajstić information content (AvgIpc) is 2.81. The Bertz CT molecular complexity index is 902. The van der Waals surface area contributed by atoms with Gasteiger partial charge in [0.2, 0.25) is 11.8 Å². The van der Waals surface area contributed by atoms with Crippen LogP contribution in [0.5, 0.6) is 0 Å². The second-order valence-corrected chi connectivity index (χ2v) is 6.88. The van der Waals surface area contributed by atoms with Crippen LogP contribution < -0.4 is 10.6 Å². The SMILES string of the molecule is CCOC(=O)C(/C=C/c1ccc(NC(=O)CNC(=O)CCCCCCN=[N+]=[N-])cc1)=C/C=O. The number of amides is 2. The highest BCUT2D eigenvalue weighted by atomic mass is 16.5. The number of anilines is 1. The van der Waals surface area contributed by atoms with Gasteiger partial charge in [-0.25, -0.2) is 4.79 Å². The molecule has 0 aliphatic carbocycles. The highest BCUT2D eigenvalue weighted by molar-refractivity contribution is 5.96. The van der Waals surface area contributed by atoms with Crippen molar-refractivity contribution in [1.82, 2.24) is 5.32 Å². The summed E-state index contributed by atoms with van der Waals surface area (Å²) in [6, 6.07) is 6.83. The maximum absolute atomic E-state index is 12.0. The van der Waals surface area contributed by atoms with Gasteiger partial charge in [0.1, 0.15) is 6.29 Å². The lowest BCUT2D eigenvalue weighted by Crippen LogP contribution is -2.32. The minimum absolute atomic E-state index is 0.128. The van der Waals surface area contributed by atoms with E-state index in [-0.39, 0.29) is 30.5 Å². The molecule has 0 heterocycles. The molecule has 10 heteroatoms. The minimum Gasteiger partial charge on any atom is -0.462 e. The Labute approximate surface area is 192 Å². The number of carbonyl (C=O) groups excluding carboxylic acids is 4. The van der Waals surface area contributed by atoms with Crippen LogP contribution in [0.3, 0.4) is 0 Å². The van der Waals surface area contributed by atoms with E-state index >= 15 is 0 Å². The van der Waals surface area contributed by atoms with Crippen molar-refractivity contribution >= 4 is 35.8 Å². The van der Waals surface area contributed by atoms with E-state index in [4.69, 9.17) is 10.3 Å². The lowest BCUT2D eigenvalue weighted by atomic mass is 10.1. The van der Waals surface area contributed by atoms with E-state index in [2.05, 4.69) is 20.7 Å². The third-order valence-corrected chi connectivity index (χ3v) is 4.33. The van der Waals surface area contributed by atoms with Gasteiger partial charge in [-0.2, -0.15) is 0 Å². The molecular formula is C23H29N5O5. The number of unbranched alkanes of at least 4 members (excludes halogenated alkanes) is 3. The molecule has 176 valence electrons. The van der Waals surface area contributed by atoms with Gasteiger partial charge in [-0.3, -0.25) is 14.4 Å². The Morgan fingerprint density at radius 2 is 1.82 bits per heavy atom. The number of benzene rings is 1. The third kappa shape index (κ3) is 12.5. The topological polar surface area (TPSA) is 150 Å². The second kappa shape index (κ2) is 16.7. The smallest absolute Gasteiger partial charge is 0.338 e. The number of carbonyl (C=O) groups is 4. The van der Waals surface area contributed by atoms with Crippen molar-refractivity contribution in [3.63, 3.8) is 0 Å². The fraction of sp³-hybridized carbons (Fsp3) is 0.391. The maximum Gasteiger partial charge on any atom is 0.338 e. The predicted molar refractivity (Wildman–Crippen MR) is 125 cm³/mol.